The van der Waals surface area contributed by atoms with Crippen molar-refractivity contribution in [2.24, 2.45) is 0 Å². The SMILES string of the molecule is COc1ccc(CN2CCN(c3ccccn3)CC2)cc1OC[C@@H](O)CN(C)C(C)C. The first-order valence-corrected chi connectivity index (χ1v) is 11.0. The summed E-state index contributed by atoms with van der Waals surface area (Å²) < 4.78 is 11.4. The number of hydrogen-bond acceptors (Lipinski definition) is 7. The van der Waals surface area contributed by atoms with Gasteiger partial charge < -0.3 is 24.4 Å². The molecule has 7 heteroatoms. The number of piperazine rings is 1. The highest BCUT2D eigenvalue weighted by Gasteiger charge is 2.19. The van der Waals surface area contributed by atoms with Crippen molar-refractivity contribution >= 4 is 5.82 Å². The molecule has 3 rings (SSSR count). The number of hydrogen-bond donors (Lipinski definition) is 1. The van der Waals surface area contributed by atoms with Crippen molar-refractivity contribution in [1.82, 2.24) is 14.8 Å². The van der Waals surface area contributed by atoms with Crippen molar-refractivity contribution in [2.75, 3.05) is 58.4 Å². The Morgan fingerprint density at radius 2 is 1.87 bits per heavy atom. The number of methoxy groups -OCH3 is 1. The van der Waals surface area contributed by atoms with Crippen LogP contribution in [0.1, 0.15) is 19.4 Å². The van der Waals surface area contributed by atoms with Crippen LogP contribution in [0.25, 0.3) is 0 Å². The molecule has 170 valence electrons. The summed E-state index contributed by atoms with van der Waals surface area (Å²) in [6.45, 7) is 9.78. The molecule has 31 heavy (non-hydrogen) atoms. The third-order valence-corrected chi connectivity index (χ3v) is 5.79. The van der Waals surface area contributed by atoms with Gasteiger partial charge in [-0.1, -0.05) is 12.1 Å². The van der Waals surface area contributed by atoms with Crippen LogP contribution in [-0.4, -0.2) is 85.5 Å². The molecule has 0 radical (unpaired) electrons. The van der Waals surface area contributed by atoms with Gasteiger partial charge in [-0.15, -0.1) is 0 Å². The minimum absolute atomic E-state index is 0.236. The number of aliphatic hydroxyl groups is 1. The van der Waals surface area contributed by atoms with E-state index in [0.29, 0.717) is 24.1 Å². The highest BCUT2D eigenvalue weighted by Crippen LogP contribution is 2.29. The first-order chi connectivity index (χ1) is 15.0. The molecule has 0 spiro atoms. The molecule has 2 aromatic rings. The average Bonchev–Trinajstić information content (AvgIpc) is 2.79. The molecule has 2 heterocycles. The van der Waals surface area contributed by atoms with E-state index < -0.39 is 6.10 Å². The molecule has 1 N–H and O–H groups in total. The lowest BCUT2D eigenvalue weighted by Gasteiger charge is -2.35. The number of anilines is 1. The Hall–Kier alpha value is -2.35. The molecule has 0 unspecified atom stereocenters. The number of pyridine rings is 1. The van der Waals surface area contributed by atoms with Crippen LogP contribution in [0, 0.1) is 0 Å². The lowest BCUT2D eigenvalue weighted by Crippen LogP contribution is -2.46. The fraction of sp³-hybridized carbons (Fsp3) is 0.542. The van der Waals surface area contributed by atoms with E-state index in [2.05, 4.69) is 45.7 Å². The maximum absolute atomic E-state index is 10.3. The van der Waals surface area contributed by atoms with Gasteiger partial charge in [-0.2, -0.15) is 0 Å². The van der Waals surface area contributed by atoms with Crippen LogP contribution >= 0.6 is 0 Å². The van der Waals surface area contributed by atoms with Crippen molar-refractivity contribution in [1.29, 1.82) is 0 Å². The van der Waals surface area contributed by atoms with Crippen molar-refractivity contribution in [3.8, 4) is 11.5 Å². The first-order valence-electron chi connectivity index (χ1n) is 11.0. The molecule has 1 aliphatic rings. The van der Waals surface area contributed by atoms with E-state index in [-0.39, 0.29) is 6.61 Å². The summed E-state index contributed by atoms with van der Waals surface area (Å²) in [6.07, 6.45) is 1.29. The number of benzene rings is 1. The summed E-state index contributed by atoms with van der Waals surface area (Å²) in [5.41, 5.74) is 1.18. The monoisotopic (exact) mass is 428 g/mol. The molecule has 0 bridgehead atoms. The second kappa shape index (κ2) is 11.3. The third-order valence-electron chi connectivity index (χ3n) is 5.79. The predicted molar refractivity (Wildman–Crippen MR) is 124 cm³/mol. The molecule has 1 aromatic carbocycles. The van der Waals surface area contributed by atoms with Gasteiger partial charge in [-0.25, -0.2) is 4.98 Å². The van der Waals surface area contributed by atoms with Crippen molar-refractivity contribution in [3.05, 3.63) is 48.2 Å². The summed E-state index contributed by atoms with van der Waals surface area (Å²) in [5.74, 6) is 2.41. The van der Waals surface area contributed by atoms with Crippen LogP contribution in [-0.2, 0) is 6.54 Å². The van der Waals surface area contributed by atoms with E-state index in [1.807, 2.05) is 37.5 Å². The van der Waals surface area contributed by atoms with Crippen LogP contribution < -0.4 is 14.4 Å². The summed E-state index contributed by atoms with van der Waals surface area (Å²) in [7, 11) is 3.64. The van der Waals surface area contributed by atoms with Crippen LogP contribution in [0.5, 0.6) is 11.5 Å². The van der Waals surface area contributed by atoms with Crippen LogP contribution in [0.4, 0.5) is 5.82 Å². The maximum atomic E-state index is 10.3. The minimum Gasteiger partial charge on any atom is -0.493 e. The summed E-state index contributed by atoms with van der Waals surface area (Å²) in [4.78, 5) is 11.3. The van der Waals surface area contributed by atoms with E-state index >= 15 is 0 Å². The smallest absolute Gasteiger partial charge is 0.161 e. The van der Waals surface area contributed by atoms with Gasteiger partial charge in [-0.3, -0.25) is 4.90 Å². The second-order valence-electron chi connectivity index (χ2n) is 8.43. The Morgan fingerprint density at radius 1 is 1.10 bits per heavy atom. The molecule has 1 atom stereocenters. The number of ether oxygens (including phenoxy) is 2. The van der Waals surface area contributed by atoms with E-state index in [1.54, 1.807) is 7.11 Å². The third kappa shape index (κ3) is 6.82. The molecule has 7 nitrogen and oxygen atoms in total. The van der Waals surface area contributed by atoms with E-state index in [9.17, 15) is 5.11 Å². The lowest BCUT2D eigenvalue weighted by atomic mass is 10.1. The van der Waals surface area contributed by atoms with Crippen LogP contribution in [0.15, 0.2) is 42.6 Å². The standard InChI is InChI=1S/C24H36N4O3/c1-19(2)26(3)17-21(29)18-31-23-15-20(8-9-22(23)30-4)16-27-11-13-28(14-12-27)24-7-5-6-10-25-24/h5-10,15,19,21,29H,11-14,16-18H2,1-4H3/t21-/m0/s1. The number of likely N-dealkylation sites (N-methyl/N-ethyl adjacent to an activating group) is 1. The van der Waals surface area contributed by atoms with Gasteiger partial charge in [0.15, 0.2) is 11.5 Å². The molecule has 1 aromatic heterocycles. The second-order valence-corrected chi connectivity index (χ2v) is 8.43. The Balaban J connectivity index is 1.54. The van der Waals surface area contributed by atoms with Gasteiger partial charge in [0, 0.05) is 51.5 Å². The summed E-state index contributed by atoms with van der Waals surface area (Å²) in [5, 5.41) is 10.3. The number of nitrogens with zero attached hydrogens (tertiary/aromatic N) is 4. The number of aromatic nitrogens is 1. The fourth-order valence-electron chi connectivity index (χ4n) is 3.65. The Morgan fingerprint density at radius 3 is 2.52 bits per heavy atom. The minimum atomic E-state index is -0.555. The molecular weight excluding hydrogens is 392 g/mol. The largest absolute Gasteiger partial charge is 0.493 e. The molecule has 0 saturated carbocycles. The van der Waals surface area contributed by atoms with Crippen molar-refractivity contribution in [3.63, 3.8) is 0 Å². The molecule has 1 aliphatic heterocycles. The highest BCUT2D eigenvalue weighted by molar-refractivity contribution is 5.43. The van der Waals surface area contributed by atoms with Gasteiger partial charge in [0.1, 0.15) is 18.5 Å². The quantitative estimate of drug-likeness (QED) is 0.624. The molecule has 0 amide bonds. The average molecular weight is 429 g/mol. The van der Waals surface area contributed by atoms with Crippen LogP contribution in [0.3, 0.4) is 0 Å². The first kappa shape index (κ1) is 23.3. The zero-order valence-corrected chi connectivity index (χ0v) is 19.2. The molecular formula is C24H36N4O3. The fourth-order valence-corrected chi connectivity index (χ4v) is 3.65. The van der Waals surface area contributed by atoms with Crippen molar-refractivity contribution < 1.29 is 14.6 Å². The predicted octanol–water partition coefficient (Wildman–Crippen LogP) is 2.49. The number of aliphatic hydroxyl groups excluding tert-OH is 1. The van der Waals surface area contributed by atoms with Crippen LogP contribution in [0.2, 0.25) is 0 Å². The maximum Gasteiger partial charge on any atom is 0.161 e. The lowest BCUT2D eigenvalue weighted by molar-refractivity contribution is 0.0668. The zero-order valence-electron chi connectivity index (χ0n) is 19.2. The molecule has 0 aliphatic carbocycles. The van der Waals surface area contributed by atoms with E-state index in [4.69, 9.17) is 9.47 Å². The van der Waals surface area contributed by atoms with Gasteiger partial charge in [-0.05, 0) is 50.7 Å². The summed E-state index contributed by atoms with van der Waals surface area (Å²) in [6, 6.07) is 12.5. The van der Waals surface area contributed by atoms with Gasteiger partial charge in [0.2, 0.25) is 0 Å². The van der Waals surface area contributed by atoms with Gasteiger partial charge in [0.25, 0.3) is 0 Å². The van der Waals surface area contributed by atoms with Gasteiger partial charge >= 0.3 is 0 Å². The highest BCUT2D eigenvalue weighted by atomic mass is 16.5. The Bertz CT molecular complexity index is 795. The number of rotatable bonds is 10. The van der Waals surface area contributed by atoms with Crippen molar-refractivity contribution in [2.45, 2.75) is 32.5 Å². The Kier molecular flexibility index (Phi) is 8.51. The molecule has 1 saturated heterocycles. The topological polar surface area (TPSA) is 61.3 Å². The summed E-state index contributed by atoms with van der Waals surface area (Å²) >= 11 is 0. The normalized spacial score (nSPS) is 16.0. The van der Waals surface area contributed by atoms with E-state index in [0.717, 1.165) is 38.5 Å². The van der Waals surface area contributed by atoms with E-state index in [1.165, 1.54) is 5.56 Å². The Labute approximate surface area is 186 Å². The van der Waals surface area contributed by atoms with Gasteiger partial charge in [0.05, 0.1) is 7.11 Å². The zero-order chi connectivity index (χ0) is 22.2. The molecule has 1 fully saturated rings.